The van der Waals surface area contributed by atoms with Crippen molar-refractivity contribution < 1.29 is 4.79 Å². The van der Waals surface area contributed by atoms with Crippen molar-refractivity contribution in [3.8, 4) is 0 Å². The van der Waals surface area contributed by atoms with Crippen molar-refractivity contribution in [2.75, 3.05) is 10.8 Å². The number of amides is 1. The molecular formula is C9H6Cl3NOS. The van der Waals surface area contributed by atoms with Crippen LogP contribution < -0.4 is 4.90 Å². The van der Waals surface area contributed by atoms with Gasteiger partial charge in [-0.25, -0.2) is 0 Å². The maximum atomic E-state index is 11.6. The van der Waals surface area contributed by atoms with Crippen LogP contribution >= 0.6 is 46.6 Å². The number of halogens is 3. The van der Waals surface area contributed by atoms with E-state index in [2.05, 4.69) is 0 Å². The summed E-state index contributed by atoms with van der Waals surface area (Å²) in [6.45, 7) is 0. The van der Waals surface area contributed by atoms with Crippen LogP contribution in [0.3, 0.4) is 0 Å². The summed E-state index contributed by atoms with van der Waals surface area (Å²) >= 11 is 19.0. The lowest BCUT2D eigenvalue weighted by molar-refractivity contribution is -0.116. The highest BCUT2D eigenvalue weighted by molar-refractivity contribution is 8.02. The minimum absolute atomic E-state index is 0.147. The van der Waals surface area contributed by atoms with E-state index in [-0.39, 0.29) is 5.91 Å². The van der Waals surface area contributed by atoms with Gasteiger partial charge < -0.3 is 0 Å². The van der Waals surface area contributed by atoms with E-state index in [1.54, 1.807) is 18.2 Å². The highest BCUT2D eigenvalue weighted by atomic mass is 35.5. The van der Waals surface area contributed by atoms with E-state index in [1.165, 1.54) is 16.7 Å². The third-order valence-corrected chi connectivity index (χ3v) is 4.31. The van der Waals surface area contributed by atoms with Crippen molar-refractivity contribution in [3.63, 3.8) is 0 Å². The summed E-state index contributed by atoms with van der Waals surface area (Å²) < 4.78 is -0.528. The minimum Gasteiger partial charge on any atom is -0.299 e. The number of hydrogen-bond acceptors (Lipinski definition) is 2. The molecule has 0 aromatic heterocycles. The molecule has 0 N–H and O–H groups in total. The summed E-state index contributed by atoms with van der Waals surface area (Å²) in [6.07, 6.45) is 0. The van der Waals surface area contributed by atoms with Crippen LogP contribution in [0.1, 0.15) is 0 Å². The first-order chi connectivity index (χ1) is 7.11. The Morgan fingerprint density at radius 2 is 2.13 bits per heavy atom. The van der Waals surface area contributed by atoms with Crippen molar-refractivity contribution in [2.24, 2.45) is 0 Å². The average Bonchev–Trinajstić information content (AvgIpc) is 2.53. The number of anilines is 1. The van der Waals surface area contributed by atoms with Gasteiger partial charge in [-0.15, -0.1) is 23.4 Å². The lowest BCUT2D eigenvalue weighted by Gasteiger charge is -2.16. The van der Waals surface area contributed by atoms with Gasteiger partial charge in [-0.1, -0.05) is 29.3 Å². The van der Waals surface area contributed by atoms with Gasteiger partial charge >= 0.3 is 0 Å². The number of rotatable bonds is 1. The SMILES string of the molecule is O=C1C(Cl)SCN1c1cccc(Cl)c1Cl. The Kier molecular flexibility index (Phi) is 3.36. The Morgan fingerprint density at radius 1 is 1.40 bits per heavy atom. The highest BCUT2D eigenvalue weighted by Gasteiger charge is 2.32. The Hall–Kier alpha value is -0.0900. The zero-order chi connectivity index (χ0) is 11.0. The Balaban J connectivity index is 2.38. The van der Waals surface area contributed by atoms with Crippen LogP contribution in [0.5, 0.6) is 0 Å². The molecule has 1 unspecified atom stereocenters. The first-order valence-corrected chi connectivity index (χ1v) is 6.36. The number of alkyl halides is 1. The van der Waals surface area contributed by atoms with Crippen LogP contribution in [0, 0.1) is 0 Å². The van der Waals surface area contributed by atoms with E-state index < -0.39 is 4.71 Å². The molecule has 2 rings (SSSR count). The van der Waals surface area contributed by atoms with E-state index in [0.717, 1.165) is 0 Å². The molecule has 1 aromatic carbocycles. The van der Waals surface area contributed by atoms with Gasteiger partial charge in [0.15, 0.2) is 4.71 Å². The third kappa shape index (κ3) is 2.07. The van der Waals surface area contributed by atoms with Crippen molar-refractivity contribution in [2.45, 2.75) is 4.71 Å². The zero-order valence-electron chi connectivity index (χ0n) is 7.41. The molecule has 0 radical (unpaired) electrons. The van der Waals surface area contributed by atoms with Crippen LogP contribution in [-0.4, -0.2) is 16.5 Å². The summed E-state index contributed by atoms with van der Waals surface area (Å²) in [4.78, 5) is 13.2. The van der Waals surface area contributed by atoms with E-state index in [1.807, 2.05) is 0 Å². The summed E-state index contributed by atoms with van der Waals surface area (Å²) in [5.41, 5.74) is 0.616. The number of benzene rings is 1. The fourth-order valence-corrected chi connectivity index (χ4v) is 2.79. The lowest BCUT2D eigenvalue weighted by atomic mass is 10.3. The van der Waals surface area contributed by atoms with Crippen LogP contribution in [0.15, 0.2) is 18.2 Å². The normalized spacial score (nSPS) is 21.1. The summed E-state index contributed by atoms with van der Waals surface area (Å²) in [5, 5.41) is 0.823. The number of carbonyl (C=O) groups is 1. The highest BCUT2D eigenvalue weighted by Crippen LogP contribution is 2.38. The molecule has 1 aliphatic heterocycles. The Bertz CT molecular complexity index is 412. The molecule has 2 nitrogen and oxygen atoms in total. The zero-order valence-corrected chi connectivity index (χ0v) is 10.5. The van der Waals surface area contributed by atoms with Crippen molar-refractivity contribution in [1.29, 1.82) is 0 Å². The topological polar surface area (TPSA) is 20.3 Å². The second-order valence-corrected chi connectivity index (χ2v) is 5.49. The fraction of sp³-hybridized carbons (Fsp3) is 0.222. The van der Waals surface area contributed by atoms with Gasteiger partial charge in [0.2, 0.25) is 0 Å². The third-order valence-electron chi connectivity index (χ3n) is 2.03. The first-order valence-electron chi connectivity index (χ1n) is 4.12. The van der Waals surface area contributed by atoms with Gasteiger partial charge in [0.1, 0.15) is 0 Å². The fourth-order valence-electron chi connectivity index (χ4n) is 1.29. The molecular weight excluding hydrogens is 277 g/mol. The van der Waals surface area contributed by atoms with Crippen LogP contribution in [-0.2, 0) is 4.79 Å². The molecule has 1 fully saturated rings. The van der Waals surface area contributed by atoms with E-state index in [0.29, 0.717) is 21.6 Å². The molecule has 15 heavy (non-hydrogen) atoms. The monoisotopic (exact) mass is 281 g/mol. The average molecular weight is 283 g/mol. The molecule has 1 aromatic rings. The predicted octanol–water partition coefficient (Wildman–Crippen LogP) is 3.60. The van der Waals surface area contributed by atoms with Gasteiger partial charge in [-0.05, 0) is 12.1 Å². The lowest BCUT2D eigenvalue weighted by Crippen LogP contribution is -2.27. The molecule has 1 aliphatic rings. The molecule has 1 heterocycles. The summed E-state index contributed by atoms with van der Waals surface area (Å²) in [7, 11) is 0. The Labute approximate surface area is 106 Å². The summed E-state index contributed by atoms with van der Waals surface area (Å²) in [5.74, 6) is 0.360. The molecule has 6 heteroatoms. The molecule has 0 bridgehead atoms. The molecule has 0 aliphatic carbocycles. The maximum Gasteiger partial charge on any atom is 0.256 e. The number of carbonyl (C=O) groups excluding carboxylic acids is 1. The molecule has 0 saturated carbocycles. The minimum atomic E-state index is -0.528. The van der Waals surface area contributed by atoms with E-state index in [9.17, 15) is 4.79 Å². The van der Waals surface area contributed by atoms with Gasteiger partial charge in [-0.3, -0.25) is 9.69 Å². The smallest absolute Gasteiger partial charge is 0.256 e. The predicted molar refractivity (Wildman–Crippen MR) is 66.0 cm³/mol. The standard InChI is InChI=1S/C9H6Cl3NOS/c10-5-2-1-3-6(7(5)11)13-4-15-8(12)9(13)14/h1-3,8H,4H2. The number of thioether (sulfide) groups is 1. The van der Waals surface area contributed by atoms with E-state index in [4.69, 9.17) is 34.8 Å². The van der Waals surface area contributed by atoms with Gasteiger partial charge in [0, 0.05) is 0 Å². The van der Waals surface area contributed by atoms with Gasteiger partial charge in [-0.2, -0.15) is 0 Å². The van der Waals surface area contributed by atoms with Gasteiger partial charge in [0.05, 0.1) is 21.6 Å². The summed E-state index contributed by atoms with van der Waals surface area (Å²) in [6, 6.07) is 5.18. The maximum absolute atomic E-state index is 11.6. The largest absolute Gasteiger partial charge is 0.299 e. The second kappa shape index (κ2) is 4.42. The molecule has 1 atom stereocenters. The first kappa shape index (κ1) is 11.4. The van der Waals surface area contributed by atoms with Crippen LogP contribution in [0.2, 0.25) is 10.0 Å². The van der Waals surface area contributed by atoms with Crippen molar-refractivity contribution in [1.82, 2.24) is 0 Å². The van der Waals surface area contributed by atoms with E-state index >= 15 is 0 Å². The molecule has 80 valence electrons. The Morgan fingerprint density at radius 3 is 2.73 bits per heavy atom. The van der Waals surface area contributed by atoms with Crippen LogP contribution in [0.4, 0.5) is 5.69 Å². The molecule has 1 saturated heterocycles. The second-order valence-electron chi connectivity index (χ2n) is 2.95. The number of hydrogen-bond donors (Lipinski definition) is 0. The molecule has 1 amide bonds. The number of nitrogens with zero attached hydrogens (tertiary/aromatic N) is 1. The van der Waals surface area contributed by atoms with Crippen LogP contribution in [0.25, 0.3) is 0 Å². The van der Waals surface area contributed by atoms with Crippen molar-refractivity contribution >= 4 is 58.2 Å². The van der Waals surface area contributed by atoms with Crippen molar-refractivity contribution in [3.05, 3.63) is 28.2 Å². The van der Waals surface area contributed by atoms with Gasteiger partial charge in [0.25, 0.3) is 5.91 Å². The quantitative estimate of drug-likeness (QED) is 0.734. The molecule has 0 spiro atoms.